The van der Waals surface area contributed by atoms with Crippen LogP contribution in [0.2, 0.25) is 0 Å². The summed E-state index contributed by atoms with van der Waals surface area (Å²) >= 11 is 0. The van der Waals surface area contributed by atoms with Gasteiger partial charge in [0.2, 0.25) is 0 Å². The van der Waals surface area contributed by atoms with Crippen molar-refractivity contribution in [2.24, 2.45) is 11.8 Å². The Morgan fingerprint density at radius 3 is 1.95 bits per heavy atom. The molecule has 2 aromatic carbocycles. The molecule has 2 fully saturated rings. The van der Waals surface area contributed by atoms with E-state index in [0.29, 0.717) is 11.8 Å². The molecule has 4 rings (SSSR count). The monoisotopic (exact) mass is 510 g/mol. The number of unbranched alkanes of at least 4 members (excludes halogenated alkanes) is 3. The SMILES string of the molecule is CCCCCOc1ccc([C@H]2CC[C@H](C=CC#Cc3ccc([C@H]4CC[C@H](CCCC)CC4)cc3)CC2)cc1. The lowest BCUT2D eigenvalue weighted by molar-refractivity contribution is 0.304. The van der Waals surface area contributed by atoms with Crippen molar-refractivity contribution in [2.75, 3.05) is 6.61 Å². The maximum atomic E-state index is 5.88. The third-order valence-corrected chi connectivity index (χ3v) is 9.00. The number of rotatable bonds is 11. The fourth-order valence-corrected chi connectivity index (χ4v) is 6.45. The highest BCUT2D eigenvalue weighted by Crippen LogP contribution is 2.38. The van der Waals surface area contributed by atoms with Crippen molar-refractivity contribution in [2.45, 2.75) is 116 Å². The second-order valence-corrected chi connectivity index (χ2v) is 11.8. The summed E-state index contributed by atoms with van der Waals surface area (Å²) in [5.74, 6) is 10.8. The smallest absolute Gasteiger partial charge is 0.119 e. The van der Waals surface area contributed by atoms with Gasteiger partial charge in [-0.25, -0.2) is 0 Å². The zero-order valence-corrected chi connectivity index (χ0v) is 24.1. The fourth-order valence-electron chi connectivity index (χ4n) is 6.45. The van der Waals surface area contributed by atoms with Gasteiger partial charge < -0.3 is 4.74 Å². The van der Waals surface area contributed by atoms with E-state index in [0.717, 1.165) is 36.2 Å². The summed E-state index contributed by atoms with van der Waals surface area (Å²) in [6.07, 6.45) is 22.9. The van der Waals surface area contributed by atoms with E-state index in [4.69, 9.17) is 4.74 Å². The zero-order valence-electron chi connectivity index (χ0n) is 24.1. The van der Waals surface area contributed by atoms with Crippen molar-refractivity contribution < 1.29 is 4.74 Å². The number of benzene rings is 2. The van der Waals surface area contributed by atoms with Gasteiger partial charge in [0, 0.05) is 5.56 Å². The molecular weight excluding hydrogens is 460 g/mol. The Bertz CT molecular complexity index is 1000. The Labute approximate surface area is 233 Å². The summed E-state index contributed by atoms with van der Waals surface area (Å²) in [7, 11) is 0. The van der Waals surface area contributed by atoms with Crippen LogP contribution in [0, 0.1) is 23.7 Å². The lowest BCUT2D eigenvalue weighted by Gasteiger charge is -2.28. The second-order valence-electron chi connectivity index (χ2n) is 11.8. The molecule has 0 unspecified atom stereocenters. The second kappa shape index (κ2) is 15.8. The van der Waals surface area contributed by atoms with Crippen LogP contribution in [0.4, 0.5) is 0 Å². The van der Waals surface area contributed by atoms with Crippen molar-refractivity contribution >= 4 is 0 Å². The Morgan fingerprint density at radius 2 is 1.32 bits per heavy atom. The minimum absolute atomic E-state index is 0.663. The van der Waals surface area contributed by atoms with E-state index in [1.54, 1.807) is 0 Å². The molecule has 38 heavy (non-hydrogen) atoms. The maximum Gasteiger partial charge on any atom is 0.119 e. The van der Waals surface area contributed by atoms with Crippen LogP contribution in [0.3, 0.4) is 0 Å². The normalized spacial score (nSPS) is 23.6. The van der Waals surface area contributed by atoms with Crippen LogP contribution < -0.4 is 4.74 Å². The molecule has 0 heterocycles. The Kier molecular flexibility index (Phi) is 11.9. The first kappa shape index (κ1) is 28.5. The van der Waals surface area contributed by atoms with Gasteiger partial charge in [0.05, 0.1) is 6.61 Å². The highest BCUT2D eigenvalue weighted by molar-refractivity contribution is 5.39. The van der Waals surface area contributed by atoms with Crippen molar-refractivity contribution in [3.8, 4) is 17.6 Å². The standard InChI is InChI=1S/C37H50O/c1-3-5-9-29-38-37-27-25-36(26-28-37)35-23-17-32(18-24-35)12-8-7-11-31-15-21-34(22-16-31)33-19-13-30(14-20-33)10-6-4-2/h8,12,15-16,21-22,25-28,30,32-33,35H,3-6,9-10,13-14,17-20,23-24,29H2,1-2H3/t30-,32-,33-,35-. The molecule has 204 valence electrons. The summed E-state index contributed by atoms with van der Waals surface area (Å²) in [6, 6.07) is 18.0. The highest BCUT2D eigenvalue weighted by Gasteiger charge is 2.22. The van der Waals surface area contributed by atoms with Crippen molar-refractivity contribution in [3.05, 3.63) is 77.4 Å². The summed E-state index contributed by atoms with van der Waals surface area (Å²) in [4.78, 5) is 0. The molecule has 2 aliphatic carbocycles. The van der Waals surface area contributed by atoms with Gasteiger partial charge in [-0.2, -0.15) is 0 Å². The summed E-state index contributed by atoms with van der Waals surface area (Å²) in [6.45, 7) is 5.37. The van der Waals surface area contributed by atoms with E-state index in [2.05, 4.69) is 86.4 Å². The first-order valence-corrected chi connectivity index (χ1v) is 15.8. The van der Waals surface area contributed by atoms with Gasteiger partial charge in [-0.15, -0.1) is 0 Å². The van der Waals surface area contributed by atoms with E-state index in [1.807, 2.05) is 0 Å². The van der Waals surface area contributed by atoms with Gasteiger partial charge >= 0.3 is 0 Å². The minimum atomic E-state index is 0.663. The molecule has 1 heteroatoms. The molecule has 0 atom stereocenters. The number of hydrogen-bond donors (Lipinski definition) is 0. The number of allylic oxidation sites excluding steroid dienone is 2. The van der Waals surface area contributed by atoms with E-state index in [-0.39, 0.29) is 0 Å². The maximum absolute atomic E-state index is 5.88. The lowest BCUT2D eigenvalue weighted by Crippen LogP contribution is -2.13. The molecule has 0 saturated heterocycles. The average Bonchev–Trinajstić information content (AvgIpc) is 2.98. The quantitative estimate of drug-likeness (QED) is 0.216. The fraction of sp³-hybridized carbons (Fsp3) is 0.568. The predicted molar refractivity (Wildman–Crippen MR) is 163 cm³/mol. The molecular formula is C37H50O. The molecule has 0 spiro atoms. The summed E-state index contributed by atoms with van der Waals surface area (Å²) < 4.78 is 5.88. The number of hydrogen-bond acceptors (Lipinski definition) is 1. The molecule has 0 amide bonds. The van der Waals surface area contributed by atoms with E-state index < -0.39 is 0 Å². The van der Waals surface area contributed by atoms with Gasteiger partial charge in [0.1, 0.15) is 5.75 Å². The van der Waals surface area contributed by atoms with Crippen molar-refractivity contribution in [1.82, 2.24) is 0 Å². The zero-order chi connectivity index (χ0) is 26.4. The summed E-state index contributed by atoms with van der Waals surface area (Å²) in [5.41, 5.74) is 4.13. The molecule has 2 aliphatic rings. The van der Waals surface area contributed by atoms with Gasteiger partial charge in [-0.05, 0) is 123 Å². The first-order chi connectivity index (χ1) is 18.7. The van der Waals surface area contributed by atoms with Gasteiger partial charge in [-0.1, -0.05) is 88.1 Å². The topological polar surface area (TPSA) is 9.23 Å². The molecule has 0 N–H and O–H groups in total. The molecule has 1 nitrogen and oxygen atoms in total. The largest absolute Gasteiger partial charge is 0.494 e. The van der Waals surface area contributed by atoms with E-state index in [9.17, 15) is 0 Å². The molecule has 2 saturated carbocycles. The van der Waals surface area contributed by atoms with Crippen molar-refractivity contribution in [3.63, 3.8) is 0 Å². The molecule has 0 bridgehead atoms. The number of ether oxygens (including phenoxy) is 1. The van der Waals surface area contributed by atoms with Crippen LogP contribution in [-0.4, -0.2) is 6.61 Å². The minimum Gasteiger partial charge on any atom is -0.494 e. The third kappa shape index (κ3) is 9.08. The van der Waals surface area contributed by atoms with Crippen LogP contribution in [-0.2, 0) is 0 Å². The van der Waals surface area contributed by atoms with Crippen LogP contribution in [0.25, 0.3) is 0 Å². The van der Waals surface area contributed by atoms with E-state index in [1.165, 1.54) is 94.6 Å². The predicted octanol–water partition coefficient (Wildman–Crippen LogP) is 10.6. The Balaban J connectivity index is 1.17. The molecule has 0 aromatic heterocycles. The summed E-state index contributed by atoms with van der Waals surface area (Å²) in [5, 5.41) is 0. The van der Waals surface area contributed by atoms with Gasteiger partial charge in [0.25, 0.3) is 0 Å². The van der Waals surface area contributed by atoms with Crippen LogP contribution in [0.1, 0.15) is 132 Å². The molecule has 0 aliphatic heterocycles. The third-order valence-electron chi connectivity index (χ3n) is 9.00. The highest BCUT2D eigenvalue weighted by atomic mass is 16.5. The van der Waals surface area contributed by atoms with E-state index >= 15 is 0 Å². The Morgan fingerprint density at radius 1 is 0.711 bits per heavy atom. The average molecular weight is 511 g/mol. The molecule has 0 radical (unpaired) electrons. The first-order valence-electron chi connectivity index (χ1n) is 15.8. The molecule has 2 aromatic rings. The van der Waals surface area contributed by atoms with Crippen LogP contribution >= 0.6 is 0 Å². The van der Waals surface area contributed by atoms with Crippen LogP contribution in [0.15, 0.2) is 60.7 Å². The Hall–Kier alpha value is -2.46. The van der Waals surface area contributed by atoms with Crippen LogP contribution in [0.5, 0.6) is 5.75 Å². The van der Waals surface area contributed by atoms with Gasteiger partial charge in [0.15, 0.2) is 0 Å². The lowest BCUT2D eigenvalue weighted by atomic mass is 9.77. The van der Waals surface area contributed by atoms with Crippen molar-refractivity contribution in [1.29, 1.82) is 0 Å². The van der Waals surface area contributed by atoms with Gasteiger partial charge in [-0.3, -0.25) is 0 Å².